The van der Waals surface area contributed by atoms with Crippen molar-refractivity contribution in [2.24, 2.45) is 5.16 Å². The minimum Gasteiger partial charge on any atom is -0.399 e. The molecule has 0 aliphatic rings. The number of rotatable bonds is 5. The lowest BCUT2D eigenvalue weighted by Gasteiger charge is -2.13. The second kappa shape index (κ2) is 8.62. The number of benzene rings is 2. The Bertz CT molecular complexity index is 1110. The number of nitrogens with zero attached hydrogens (tertiary/aromatic N) is 1. The van der Waals surface area contributed by atoms with Gasteiger partial charge in [0.15, 0.2) is 0 Å². The number of nitrogens with one attached hydrogen (secondary N) is 2. The van der Waals surface area contributed by atoms with Crippen molar-refractivity contribution >= 4 is 29.4 Å². The average molecular weight is 436 g/mol. The summed E-state index contributed by atoms with van der Waals surface area (Å²) in [5.41, 5.74) is 0.931. The van der Waals surface area contributed by atoms with Crippen LogP contribution in [0.25, 0.3) is 11.1 Å². The van der Waals surface area contributed by atoms with Crippen molar-refractivity contribution in [2.45, 2.75) is 13.1 Å². The molecule has 0 spiro atoms. The van der Waals surface area contributed by atoms with Crippen LogP contribution in [-0.4, -0.2) is 24.2 Å². The van der Waals surface area contributed by atoms with Crippen molar-refractivity contribution < 1.29 is 22.8 Å². The van der Waals surface area contributed by atoms with E-state index in [0.717, 1.165) is 0 Å². The van der Waals surface area contributed by atoms with Gasteiger partial charge >= 0.3 is 6.18 Å². The molecule has 0 atom stereocenters. The number of amides is 1. The second-order valence-electron chi connectivity index (χ2n) is 6.39. The SMILES string of the molecule is CO/N=C\c1ccc(-c2ccccc2NC(=O)c2cc(C)[nH]c2C(F)(F)F)cc1Cl. The van der Waals surface area contributed by atoms with Crippen LogP contribution in [-0.2, 0) is 11.0 Å². The average Bonchev–Trinajstić information content (AvgIpc) is 3.10. The fourth-order valence-electron chi connectivity index (χ4n) is 2.93. The number of carbonyl (C=O) groups is 1. The van der Waals surface area contributed by atoms with Crippen LogP contribution in [0.3, 0.4) is 0 Å². The lowest BCUT2D eigenvalue weighted by molar-refractivity contribution is -0.141. The highest BCUT2D eigenvalue weighted by Gasteiger charge is 2.37. The van der Waals surface area contributed by atoms with Crippen molar-refractivity contribution in [1.29, 1.82) is 0 Å². The van der Waals surface area contributed by atoms with Crippen molar-refractivity contribution in [3.8, 4) is 11.1 Å². The number of hydrogen-bond donors (Lipinski definition) is 2. The summed E-state index contributed by atoms with van der Waals surface area (Å²) in [5, 5.41) is 6.63. The first-order valence-corrected chi connectivity index (χ1v) is 9.12. The summed E-state index contributed by atoms with van der Waals surface area (Å²) < 4.78 is 39.7. The number of para-hydroxylation sites is 1. The molecule has 1 aromatic heterocycles. The standard InChI is InChI=1S/C21H17ClF3N3O2/c1-12-9-16(19(27-12)21(23,24)25)20(29)28-18-6-4-3-5-15(18)13-7-8-14(11-26-30-2)17(22)10-13/h3-11,27H,1-2H3,(H,28,29)/b26-11-. The number of aromatic amines is 1. The Morgan fingerprint density at radius 2 is 1.93 bits per heavy atom. The smallest absolute Gasteiger partial charge is 0.399 e. The molecule has 2 N–H and O–H groups in total. The van der Waals surface area contributed by atoms with Crippen LogP contribution < -0.4 is 5.32 Å². The van der Waals surface area contributed by atoms with Gasteiger partial charge in [0.05, 0.1) is 16.8 Å². The Morgan fingerprint density at radius 3 is 2.60 bits per heavy atom. The molecule has 0 radical (unpaired) electrons. The Morgan fingerprint density at radius 1 is 1.20 bits per heavy atom. The summed E-state index contributed by atoms with van der Waals surface area (Å²) in [6.45, 7) is 1.45. The van der Waals surface area contributed by atoms with Crippen LogP contribution in [0.2, 0.25) is 5.02 Å². The Hall–Kier alpha value is -3.26. The maximum atomic E-state index is 13.2. The molecule has 1 heterocycles. The lowest BCUT2D eigenvalue weighted by atomic mass is 10.0. The first kappa shape index (κ1) is 21.4. The third-order valence-electron chi connectivity index (χ3n) is 4.26. The van der Waals surface area contributed by atoms with Crippen molar-refractivity contribution in [3.05, 3.63) is 76.1 Å². The zero-order chi connectivity index (χ0) is 21.9. The van der Waals surface area contributed by atoms with E-state index in [1.165, 1.54) is 26.3 Å². The first-order chi connectivity index (χ1) is 14.2. The maximum absolute atomic E-state index is 13.2. The van der Waals surface area contributed by atoms with Crippen LogP contribution in [0.4, 0.5) is 18.9 Å². The van der Waals surface area contributed by atoms with Gasteiger partial charge in [0.1, 0.15) is 12.8 Å². The molecule has 30 heavy (non-hydrogen) atoms. The van der Waals surface area contributed by atoms with Gasteiger partial charge in [-0.2, -0.15) is 13.2 Å². The fourth-order valence-corrected chi connectivity index (χ4v) is 3.16. The van der Waals surface area contributed by atoms with Crippen LogP contribution >= 0.6 is 11.6 Å². The molecule has 0 aliphatic carbocycles. The Labute approximate surface area is 175 Å². The number of oxime groups is 1. The lowest BCUT2D eigenvalue weighted by Crippen LogP contribution is -2.18. The van der Waals surface area contributed by atoms with Gasteiger partial charge < -0.3 is 15.1 Å². The van der Waals surface area contributed by atoms with E-state index in [9.17, 15) is 18.0 Å². The molecule has 0 saturated carbocycles. The Kier molecular flexibility index (Phi) is 6.17. The molecule has 9 heteroatoms. The number of carbonyl (C=O) groups excluding carboxylic acids is 1. The summed E-state index contributed by atoms with van der Waals surface area (Å²) in [6.07, 6.45) is -3.22. The predicted octanol–water partition coefficient (Wildman–Crippen LogP) is 5.89. The van der Waals surface area contributed by atoms with E-state index in [1.807, 2.05) is 0 Å². The number of hydrogen-bond acceptors (Lipinski definition) is 3. The largest absolute Gasteiger partial charge is 0.432 e. The quantitative estimate of drug-likeness (QED) is 0.387. The number of H-pyrrole nitrogens is 1. The van der Waals surface area contributed by atoms with Crippen molar-refractivity contribution in [2.75, 3.05) is 12.4 Å². The van der Waals surface area contributed by atoms with E-state index in [2.05, 4.69) is 20.3 Å². The van der Waals surface area contributed by atoms with E-state index in [-0.39, 0.29) is 5.69 Å². The van der Waals surface area contributed by atoms with Crippen LogP contribution in [0.5, 0.6) is 0 Å². The number of aryl methyl sites for hydroxylation is 1. The summed E-state index contributed by atoms with van der Waals surface area (Å²) in [7, 11) is 1.41. The molecule has 0 bridgehead atoms. The molecular weight excluding hydrogens is 419 g/mol. The molecule has 1 amide bonds. The third-order valence-corrected chi connectivity index (χ3v) is 4.59. The molecule has 2 aromatic carbocycles. The summed E-state index contributed by atoms with van der Waals surface area (Å²) in [6, 6.07) is 13.1. The molecule has 0 fully saturated rings. The topological polar surface area (TPSA) is 66.5 Å². The minimum atomic E-state index is -4.67. The second-order valence-corrected chi connectivity index (χ2v) is 6.80. The van der Waals surface area contributed by atoms with Crippen LogP contribution in [0.15, 0.2) is 53.7 Å². The summed E-state index contributed by atoms with van der Waals surface area (Å²) in [5.74, 6) is -0.867. The summed E-state index contributed by atoms with van der Waals surface area (Å²) >= 11 is 6.28. The van der Waals surface area contributed by atoms with Gasteiger partial charge in [0.2, 0.25) is 0 Å². The van der Waals surface area contributed by atoms with Gasteiger partial charge in [0, 0.05) is 22.5 Å². The van der Waals surface area contributed by atoms with E-state index in [4.69, 9.17) is 11.6 Å². The third kappa shape index (κ3) is 4.65. The maximum Gasteiger partial charge on any atom is 0.432 e. The van der Waals surface area contributed by atoms with Gasteiger partial charge in [-0.05, 0) is 30.7 Å². The Balaban J connectivity index is 1.95. The fraction of sp³-hybridized carbons (Fsp3) is 0.143. The van der Waals surface area contributed by atoms with Crippen molar-refractivity contribution in [3.63, 3.8) is 0 Å². The number of halogens is 4. The van der Waals surface area contributed by atoms with E-state index in [0.29, 0.717) is 27.4 Å². The van der Waals surface area contributed by atoms with Crippen LogP contribution in [0.1, 0.15) is 27.3 Å². The zero-order valence-electron chi connectivity index (χ0n) is 16.0. The first-order valence-electron chi connectivity index (χ1n) is 8.74. The minimum absolute atomic E-state index is 0.237. The molecule has 3 rings (SSSR count). The molecule has 5 nitrogen and oxygen atoms in total. The highest BCUT2D eigenvalue weighted by atomic mass is 35.5. The van der Waals surface area contributed by atoms with E-state index >= 15 is 0 Å². The van der Waals surface area contributed by atoms with Gasteiger partial charge in [-0.1, -0.05) is 47.1 Å². The molecular formula is C21H17ClF3N3O2. The highest BCUT2D eigenvalue weighted by molar-refractivity contribution is 6.33. The van der Waals surface area contributed by atoms with Crippen molar-refractivity contribution in [1.82, 2.24) is 4.98 Å². The molecule has 3 aromatic rings. The molecule has 0 unspecified atom stereocenters. The van der Waals surface area contributed by atoms with Gasteiger partial charge in [-0.3, -0.25) is 4.79 Å². The van der Waals surface area contributed by atoms with Gasteiger partial charge in [-0.25, -0.2) is 0 Å². The van der Waals surface area contributed by atoms with Crippen LogP contribution in [0, 0.1) is 6.92 Å². The molecule has 0 saturated heterocycles. The highest BCUT2D eigenvalue weighted by Crippen LogP contribution is 2.34. The van der Waals surface area contributed by atoms with Gasteiger partial charge in [0.25, 0.3) is 5.91 Å². The van der Waals surface area contributed by atoms with Gasteiger partial charge in [-0.15, -0.1) is 0 Å². The number of anilines is 1. The monoisotopic (exact) mass is 435 g/mol. The predicted molar refractivity (Wildman–Crippen MR) is 110 cm³/mol. The zero-order valence-corrected chi connectivity index (χ0v) is 16.7. The van der Waals surface area contributed by atoms with E-state index < -0.39 is 23.3 Å². The summed E-state index contributed by atoms with van der Waals surface area (Å²) in [4.78, 5) is 19.5. The number of alkyl halides is 3. The molecule has 0 aliphatic heterocycles. The number of aromatic nitrogens is 1. The molecule has 156 valence electrons. The van der Waals surface area contributed by atoms with E-state index in [1.54, 1.807) is 42.5 Å². The normalized spacial score (nSPS) is 11.7.